The molecule has 3 atom stereocenters. The zero-order valence-corrected chi connectivity index (χ0v) is 19.5. The van der Waals surface area contributed by atoms with E-state index in [4.69, 9.17) is 18.7 Å². The number of nitrogens with zero attached hydrogens (tertiary/aromatic N) is 2. The van der Waals surface area contributed by atoms with E-state index in [0.717, 1.165) is 12.0 Å². The number of carbonyl (C=O) groups is 2. The van der Waals surface area contributed by atoms with Crippen LogP contribution >= 0.6 is 0 Å². The van der Waals surface area contributed by atoms with E-state index < -0.39 is 41.6 Å². The van der Waals surface area contributed by atoms with Crippen molar-refractivity contribution < 1.29 is 28.3 Å². The van der Waals surface area contributed by atoms with Crippen LogP contribution in [0.4, 0.5) is 0 Å². The zero-order valence-electron chi connectivity index (χ0n) is 19.5. The van der Waals surface area contributed by atoms with Crippen molar-refractivity contribution in [3.8, 4) is 22.6 Å². The second-order valence-corrected chi connectivity index (χ2v) is 8.15. The fourth-order valence-corrected chi connectivity index (χ4v) is 3.88. The number of aryl methyl sites for hydroxylation is 1. The molecule has 0 unspecified atom stereocenters. The summed E-state index contributed by atoms with van der Waals surface area (Å²) in [6.07, 6.45) is -0.0745. The fraction of sp³-hybridized carbons (Fsp3) is 0.375. The van der Waals surface area contributed by atoms with Crippen molar-refractivity contribution in [2.45, 2.75) is 52.0 Å². The van der Waals surface area contributed by atoms with E-state index in [0.29, 0.717) is 5.69 Å². The Kier molecular flexibility index (Phi) is 6.97. The van der Waals surface area contributed by atoms with Gasteiger partial charge in [0.25, 0.3) is 5.56 Å². The molecule has 35 heavy (non-hydrogen) atoms. The van der Waals surface area contributed by atoms with E-state index in [1.165, 1.54) is 30.2 Å². The average Bonchev–Trinajstić information content (AvgIpc) is 3.45. The predicted molar refractivity (Wildman–Crippen MR) is 122 cm³/mol. The highest BCUT2D eigenvalue weighted by Crippen LogP contribution is 2.31. The molecule has 3 heterocycles. The summed E-state index contributed by atoms with van der Waals surface area (Å²) in [4.78, 5) is 50.1. The third kappa shape index (κ3) is 5.40. The van der Waals surface area contributed by atoms with Crippen LogP contribution in [0.3, 0.4) is 0 Å². The van der Waals surface area contributed by atoms with Gasteiger partial charge < -0.3 is 18.7 Å². The predicted octanol–water partition coefficient (Wildman–Crippen LogP) is 2.20. The maximum Gasteiger partial charge on any atom is 0.330 e. The number of H-pyrrole nitrogens is 1. The molecule has 1 N–H and O–H groups in total. The van der Waals surface area contributed by atoms with Crippen molar-refractivity contribution in [3.63, 3.8) is 0 Å². The van der Waals surface area contributed by atoms with Crippen LogP contribution in [0.2, 0.25) is 0 Å². The van der Waals surface area contributed by atoms with Gasteiger partial charge in [-0.25, -0.2) is 4.79 Å². The van der Waals surface area contributed by atoms with Crippen LogP contribution in [0.15, 0.2) is 50.6 Å². The molecule has 0 saturated carbocycles. The third-order valence-electron chi connectivity index (χ3n) is 5.66. The molecule has 0 amide bonds. The molecule has 0 radical (unpaired) electrons. The molecule has 3 aromatic rings. The maximum atomic E-state index is 12.6. The lowest BCUT2D eigenvalue weighted by atomic mass is 10.1. The Bertz CT molecular complexity index is 1340. The molecule has 1 fully saturated rings. The molecule has 1 aromatic carbocycles. The molecule has 184 valence electrons. The van der Waals surface area contributed by atoms with Crippen LogP contribution in [0.25, 0.3) is 22.6 Å². The van der Waals surface area contributed by atoms with Crippen LogP contribution < -0.4 is 11.2 Å². The van der Waals surface area contributed by atoms with Crippen molar-refractivity contribution in [3.05, 3.63) is 62.9 Å². The Morgan fingerprint density at radius 2 is 1.91 bits per heavy atom. The number of aromatic amines is 1. The highest BCUT2D eigenvalue weighted by Gasteiger charge is 2.40. The second kappa shape index (κ2) is 10.1. The minimum Gasteiger partial charge on any atom is -0.463 e. The molecular formula is C24H25N3O8. The van der Waals surface area contributed by atoms with Crippen LogP contribution in [-0.2, 0) is 30.2 Å². The van der Waals surface area contributed by atoms with E-state index >= 15 is 0 Å². The average molecular weight is 483 g/mol. The molecule has 0 bridgehead atoms. The number of nitrogens with one attached hydrogen (secondary N) is 1. The Morgan fingerprint density at radius 3 is 2.57 bits per heavy atom. The summed E-state index contributed by atoms with van der Waals surface area (Å²) in [6.45, 7) is 4.40. The first-order chi connectivity index (χ1) is 16.7. The van der Waals surface area contributed by atoms with Gasteiger partial charge in [0.2, 0.25) is 0 Å². The van der Waals surface area contributed by atoms with E-state index in [1.807, 2.05) is 24.3 Å². The van der Waals surface area contributed by atoms with Crippen LogP contribution in [0.1, 0.15) is 39.0 Å². The van der Waals surface area contributed by atoms with Crippen LogP contribution in [0, 0.1) is 0 Å². The smallest absolute Gasteiger partial charge is 0.330 e. The molecule has 11 nitrogen and oxygen atoms in total. The molecule has 1 aliphatic rings. The molecule has 0 aliphatic carbocycles. The van der Waals surface area contributed by atoms with E-state index in [1.54, 1.807) is 6.07 Å². The number of esters is 2. The standard InChI is InChI=1S/C24H25N3O8/c1-4-15-5-7-16(8-6-15)18-9-19(35-26-18)17-11-27(24(31)25-23(17)30)22-10-20(33-14(3)29)21(34-22)12-32-13(2)28/h5-9,11,20-22H,4,10,12H2,1-3H3,(H,25,30,31)/t20-,21+,22+/m0/s1. The summed E-state index contributed by atoms with van der Waals surface area (Å²) in [5.74, 6) is -0.893. The number of carbonyl (C=O) groups excluding carboxylic acids is 2. The minimum absolute atomic E-state index is 0.0737. The maximum absolute atomic E-state index is 12.6. The summed E-state index contributed by atoms with van der Waals surface area (Å²) < 4.78 is 22.7. The molecule has 0 spiro atoms. The van der Waals surface area contributed by atoms with Crippen molar-refractivity contribution in [2.75, 3.05) is 6.61 Å². The lowest BCUT2D eigenvalue weighted by molar-refractivity contribution is -0.155. The van der Waals surface area contributed by atoms with Gasteiger partial charge in [0.1, 0.15) is 36.3 Å². The van der Waals surface area contributed by atoms with Crippen molar-refractivity contribution >= 4 is 11.9 Å². The minimum atomic E-state index is -0.882. The number of hydrogen-bond acceptors (Lipinski definition) is 9. The van der Waals surface area contributed by atoms with Crippen molar-refractivity contribution in [1.82, 2.24) is 14.7 Å². The lowest BCUT2D eigenvalue weighted by Crippen LogP contribution is -2.33. The van der Waals surface area contributed by atoms with Gasteiger partial charge >= 0.3 is 17.6 Å². The van der Waals surface area contributed by atoms with Gasteiger partial charge in [0.05, 0.1) is 0 Å². The van der Waals surface area contributed by atoms with Gasteiger partial charge in [-0.15, -0.1) is 0 Å². The van der Waals surface area contributed by atoms with Gasteiger partial charge in [0.15, 0.2) is 5.76 Å². The molecule has 11 heteroatoms. The third-order valence-corrected chi connectivity index (χ3v) is 5.66. The highest BCUT2D eigenvalue weighted by molar-refractivity contribution is 5.67. The largest absolute Gasteiger partial charge is 0.463 e. The van der Waals surface area contributed by atoms with Crippen LogP contribution in [-0.4, -0.2) is 45.5 Å². The summed E-state index contributed by atoms with van der Waals surface area (Å²) in [5, 5.41) is 4.05. The topological polar surface area (TPSA) is 143 Å². The summed E-state index contributed by atoms with van der Waals surface area (Å²) in [5.41, 5.74) is 1.24. The van der Waals surface area contributed by atoms with Crippen LogP contribution in [0.5, 0.6) is 0 Å². The monoisotopic (exact) mass is 483 g/mol. The van der Waals surface area contributed by atoms with E-state index in [2.05, 4.69) is 17.1 Å². The summed E-state index contributed by atoms with van der Waals surface area (Å²) in [7, 11) is 0. The first-order valence-corrected chi connectivity index (χ1v) is 11.1. The number of aromatic nitrogens is 3. The Hall–Kier alpha value is -3.99. The fourth-order valence-electron chi connectivity index (χ4n) is 3.88. The van der Waals surface area contributed by atoms with Crippen molar-refractivity contribution in [1.29, 1.82) is 0 Å². The normalized spacial score (nSPS) is 19.5. The lowest BCUT2D eigenvalue weighted by Gasteiger charge is -2.17. The van der Waals surface area contributed by atoms with Gasteiger partial charge in [-0.05, 0) is 12.0 Å². The van der Waals surface area contributed by atoms with Crippen molar-refractivity contribution in [2.24, 2.45) is 0 Å². The first-order valence-electron chi connectivity index (χ1n) is 11.1. The molecule has 1 saturated heterocycles. The highest BCUT2D eigenvalue weighted by atomic mass is 16.6. The first kappa shape index (κ1) is 24.1. The number of benzene rings is 1. The quantitative estimate of drug-likeness (QED) is 0.500. The molecular weight excluding hydrogens is 458 g/mol. The summed E-state index contributed by atoms with van der Waals surface area (Å²) in [6, 6.07) is 9.41. The Balaban J connectivity index is 1.62. The van der Waals surface area contributed by atoms with E-state index in [9.17, 15) is 19.2 Å². The van der Waals surface area contributed by atoms with Gasteiger partial charge in [0, 0.05) is 38.1 Å². The summed E-state index contributed by atoms with van der Waals surface area (Å²) >= 11 is 0. The number of rotatable bonds is 7. The Morgan fingerprint density at radius 1 is 1.17 bits per heavy atom. The number of hydrogen-bond donors (Lipinski definition) is 1. The Labute approximate surface area is 199 Å². The van der Waals surface area contributed by atoms with Gasteiger partial charge in [-0.1, -0.05) is 36.3 Å². The van der Waals surface area contributed by atoms with E-state index in [-0.39, 0.29) is 24.4 Å². The molecule has 2 aromatic heterocycles. The van der Waals surface area contributed by atoms with Gasteiger partial charge in [-0.3, -0.25) is 23.9 Å². The molecule has 4 rings (SSSR count). The zero-order chi connectivity index (χ0) is 25.1. The number of ether oxygens (including phenoxy) is 3. The molecule has 1 aliphatic heterocycles. The SMILES string of the molecule is CCc1ccc(-c2cc(-c3cn([C@H]4C[C@H](OC(C)=O)[C@@H](COC(C)=O)O4)c(=O)[nH]c3=O)on2)cc1. The van der Waals surface area contributed by atoms with Gasteiger partial charge in [-0.2, -0.15) is 0 Å². The second-order valence-electron chi connectivity index (χ2n) is 8.15.